The Bertz CT molecular complexity index is 616. The second kappa shape index (κ2) is 10.1. The summed E-state index contributed by atoms with van der Waals surface area (Å²) >= 11 is 0. The van der Waals surface area contributed by atoms with Crippen LogP contribution in [0.2, 0.25) is 0 Å². The zero-order valence-electron chi connectivity index (χ0n) is 16.7. The predicted molar refractivity (Wildman–Crippen MR) is 109 cm³/mol. The van der Waals surface area contributed by atoms with Crippen LogP contribution in [0.5, 0.6) is 0 Å². The van der Waals surface area contributed by atoms with Gasteiger partial charge in [0, 0.05) is 52.3 Å². The first-order valence-corrected chi connectivity index (χ1v) is 10.2. The maximum Gasteiger partial charge on any atom is 0.193 e. The van der Waals surface area contributed by atoms with Crippen molar-refractivity contribution in [3.05, 3.63) is 35.4 Å². The molecule has 1 fully saturated rings. The van der Waals surface area contributed by atoms with Crippen LogP contribution < -0.4 is 5.32 Å². The molecule has 6 nitrogen and oxygen atoms in total. The summed E-state index contributed by atoms with van der Waals surface area (Å²) in [6.07, 6.45) is 1.72. The average molecular weight is 375 g/mol. The van der Waals surface area contributed by atoms with E-state index in [9.17, 15) is 5.11 Å². The number of aliphatic hydroxyl groups is 1. The fourth-order valence-electron chi connectivity index (χ4n) is 3.93. The fraction of sp³-hybridized carbons (Fsp3) is 0.667. The molecule has 2 unspecified atom stereocenters. The van der Waals surface area contributed by atoms with Crippen LogP contribution in [0, 0.1) is 5.92 Å². The number of benzene rings is 1. The molecule has 27 heavy (non-hydrogen) atoms. The number of fused-ring (bicyclic) bond motifs is 1. The zero-order valence-corrected chi connectivity index (χ0v) is 16.7. The molecule has 3 rings (SSSR count). The Balaban J connectivity index is 1.49. The molecule has 0 aliphatic carbocycles. The summed E-state index contributed by atoms with van der Waals surface area (Å²) in [6.45, 7) is 8.53. The van der Waals surface area contributed by atoms with E-state index in [1.54, 1.807) is 0 Å². The Hall–Kier alpha value is -1.63. The van der Waals surface area contributed by atoms with Crippen molar-refractivity contribution >= 4 is 5.96 Å². The van der Waals surface area contributed by atoms with Gasteiger partial charge < -0.3 is 20.1 Å². The molecule has 2 aliphatic rings. The van der Waals surface area contributed by atoms with Gasteiger partial charge in [-0.25, -0.2) is 0 Å². The Morgan fingerprint density at radius 3 is 2.96 bits per heavy atom. The van der Waals surface area contributed by atoms with Crippen LogP contribution in [-0.2, 0) is 17.7 Å². The summed E-state index contributed by atoms with van der Waals surface area (Å²) in [5.74, 6) is 1.43. The Morgan fingerprint density at radius 2 is 2.22 bits per heavy atom. The molecule has 1 saturated heterocycles. The van der Waals surface area contributed by atoms with Crippen LogP contribution in [0.1, 0.15) is 24.5 Å². The molecule has 0 radical (unpaired) electrons. The fourth-order valence-corrected chi connectivity index (χ4v) is 3.93. The number of hydrogen-bond donors (Lipinski definition) is 2. The lowest BCUT2D eigenvalue weighted by Crippen LogP contribution is -2.42. The van der Waals surface area contributed by atoms with Crippen molar-refractivity contribution < 1.29 is 9.84 Å². The van der Waals surface area contributed by atoms with Gasteiger partial charge in [0.1, 0.15) is 0 Å². The maximum atomic E-state index is 10.5. The van der Waals surface area contributed by atoms with E-state index in [0.717, 1.165) is 58.2 Å². The third kappa shape index (κ3) is 5.92. The van der Waals surface area contributed by atoms with Crippen LogP contribution in [0.4, 0.5) is 0 Å². The molecule has 0 amide bonds. The average Bonchev–Trinajstić information content (AvgIpc) is 3.18. The summed E-state index contributed by atoms with van der Waals surface area (Å²) < 4.78 is 5.47. The summed E-state index contributed by atoms with van der Waals surface area (Å²) in [5.41, 5.74) is 2.82. The van der Waals surface area contributed by atoms with Gasteiger partial charge in [-0.15, -0.1) is 0 Å². The SMILES string of the molecule is CCNC(=NCC(O)CN1CCc2ccccc2C1)N(C)CC1CCOC1. The van der Waals surface area contributed by atoms with Crippen LogP contribution in [-0.4, -0.2) is 80.0 Å². The van der Waals surface area contributed by atoms with E-state index in [4.69, 9.17) is 4.74 Å². The summed E-state index contributed by atoms with van der Waals surface area (Å²) in [6, 6.07) is 8.60. The lowest BCUT2D eigenvalue weighted by atomic mass is 10.00. The number of aliphatic hydroxyl groups excluding tert-OH is 1. The molecule has 2 aliphatic heterocycles. The van der Waals surface area contributed by atoms with Gasteiger partial charge in [0.05, 0.1) is 19.3 Å². The number of β-amino-alcohol motifs (C(OH)–C–C–N with tert-alkyl or cyclic N) is 1. The first kappa shape index (κ1) is 20.1. The van der Waals surface area contributed by atoms with Gasteiger partial charge in [0.2, 0.25) is 0 Å². The van der Waals surface area contributed by atoms with Crippen molar-refractivity contribution in [2.45, 2.75) is 32.4 Å². The van der Waals surface area contributed by atoms with Gasteiger partial charge in [-0.05, 0) is 30.9 Å². The first-order valence-electron chi connectivity index (χ1n) is 10.2. The molecule has 1 aromatic carbocycles. The monoisotopic (exact) mass is 374 g/mol. The van der Waals surface area contributed by atoms with Crippen LogP contribution >= 0.6 is 0 Å². The first-order chi connectivity index (χ1) is 13.2. The number of nitrogens with one attached hydrogen (secondary N) is 1. The summed E-state index contributed by atoms with van der Waals surface area (Å²) in [4.78, 5) is 9.17. The highest BCUT2D eigenvalue weighted by Crippen LogP contribution is 2.18. The highest BCUT2D eigenvalue weighted by molar-refractivity contribution is 5.79. The second-order valence-electron chi connectivity index (χ2n) is 7.71. The van der Waals surface area contributed by atoms with Gasteiger partial charge in [0.15, 0.2) is 5.96 Å². The van der Waals surface area contributed by atoms with Gasteiger partial charge in [-0.1, -0.05) is 24.3 Å². The van der Waals surface area contributed by atoms with Gasteiger partial charge in [0.25, 0.3) is 0 Å². The summed E-state index contributed by atoms with van der Waals surface area (Å²) in [7, 11) is 2.06. The summed E-state index contributed by atoms with van der Waals surface area (Å²) in [5, 5.41) is 13.9. The van der Waals surface area contributed by atoms with E-state index < -0.39 is 6.10 Å². The van der Waals surface area contributed by atoms with Crippen molar-refractivity contribution in [3.63, 3.8) is 0 Å². The van der Waals surface area contributed by atoms with Crippen molar-refractivity contribution in [2.75, 3.05) is 53.0 Å². The van der Waals surface area contributed by atoms with Crippen LogP contribution in [0.15, 0.2) is 29.3 Å². The molecule has 6 heteroatoms. The normalized spacial score (nSPS) is 21.7. The molecule has 2 N–H and O–H groups in total. The van der Waals surface area contributed by atoms with Crippen molar-refractivity contribution in [1.82, 2.24) is 15.1 Å². The van der Waals surface area contributed by atoms with E-state index in [-0.39, 0.29) is 0 Å². The zero-order chi connectivity index (χ0) is 19.1. The molecule has 150 valence electrons. The lowest BCUT2D eigenvalue weighted by molar-refractivity contribution is 0.111. The van der Waals surface area contributed by atoms with Gasteiger partial charge in [-0.2, -0.15) is 0 Å². The maximum absolute atomic E-state index is 10.5. The minimum absolute atomic E-state index is 0.423. The number of rotatable bonds is 7. The molecule has 2 atom stereocenters. The number of nitrogens with zero attached hydrogens (tertiary/aromatic N) is 3. The van der Waals surface area contributed by atoms with E-state index >= 15 is 0 Å². The molecular weight excluding hydrogens is 340 g/mol. The molecule has 1 aromatic rings. The van der Waals surface area contributed by atoms with Crippen molar-refractivity contribution in [2.24, 2.45) is 10.9 Å². The number of hydrogen-bond acceptors (Lipinski definition) is 4. The number of aliphatic imine (C=N–C) groups is 1. The molecule has 0 aromatic heterocycles. The largest absolute Gasteiger partial charge is 0.390 e. The minimum Gasteiger partial charge on any atom is -0.390 e. The second-order valence-corrected chi connectivity index (χ2v) is 7.71. The molecular formula is C21H34N4O2. The third-order valence-electron chi connectivity index (χ3n) is 5.38. The van der Waals surface area contributed by atoms with E-state index in [2.05, 4.69) is 58.3 Å². The third-order valence-corrected chi connectivity index (χ3v) is 5.38. The van der Waals surface area contributed by atoms with Gasteiger partial charge in [-0.3, -0.25) is 9.89 Å². The molecule has 2 heterocycles. The minimum atomic E-state index is -0.452. The van der Waals surface area contributed by atoms with Crippen LogP contribution in [0.25, 0.3) is 0 Å². The van der Waals surface area contributed by atoms with Crippen molar-refractivity contribution in [1.29, 1.82) is 0 Å². The standard InChI is InChI=1S/C21H34N4O2/c1-3-22-21(24(2)13-17-9-11-27-16-17)23-12-20(26)15-25-10-8-18-6-4-5-7-19(18)14-25/h4-7,17,20,26H,3,8-16H2,1-2H3,(H,22,23). The van der Waals surface area contributed by atoms with Crippen molar-refractivity contribution in [3.8, 4) is 0 Å². The smallest absolute Gasteiger partial charge is 0.193 e. The molecule has 0 spiro atoms. The highest BCUT2D eigenvalue weighted by Gasteiger charge is 2.20. The Kier molecular flexibility index (Phi) is 7.50. The highest BCUT2D eigenvalue weighted by atomic mass is 16.5. The molecule has 0 saturated carbocycles. The topological polar surface area (TPSA) is 60.3 Å². The van der Waals surface area contributed by atoms with Crippen LogP contribution in [0.3, 0.4) is 0 Å². The Labute approximate surface area is 163 Å². The lowest BCUT2D eigenvalue weighted by Gasteiger charge is -2.30. The van der Waals surface area contributed by atoms with Gasteiger partial charge >= 0.3 is 0 Å². The van der Waals surface area contributed by atoms with E-state index in [1.807, 2.05) is 0 Å². The van der Waals surface area contributed by atoms with E-state index in [0.29, 0.717) is 19.0 Å². The number of ether oxygens (including phenoxy) is 1. The Morgan fingerprint density at radius 1 is 1.41 bits per heavy atom. The quantitative estimate of drug-likeness (QED) is 0.557. The predicted octanol–water partition coefficient (Wildman–Crippen LogP) is 1.34. The number of guanidine groups is 1. The van der Waals surface area contributed by atoms with E-state index in [1.165, 1.54) is 11.1 Å². The molecule has 0 bridgehead atoms.